The van der Waals surface area contributed by atoms with Gasteiger partial charge in [-0.2, -0.15) is 0 Å². The van der Waals surface area contributed by atoms with Gasteiger partial charge in [0, 0.05) is 0 Å². The lowest BCUT2D eigenvalue weighted by molar-refractivity contribution is 0.0996. The Morgan fingerprint density at radius 2 is 1.52 bits per heavy atom. The second-order valence-electron chi connectivity index (χ2n) is 5.13. The zero-order chi connectivity index (χ0) is 17.6. The first kappa shape index (κ1) is 16.3. The van der Waals surface area contributed by atoms with Crippen molar-refractivity contribution in [2.45, 2.75) is 0 Å². The molecule has 0 unspecified atom stereocenters. The van der Waals surface area contributed by atoms with Gasteiger partial charge in [0.15, 0.2) is 5.76 Å². The number of amides is 2. The van der Waals surface area contributed by atoms with Crippen LogP contribution in [0.1, 0.15) is 20.9 Å². The van der Waals surface area contributed by atoms with Gasteiger partial charge in [-0.3, -0.25) is 9.59 Å². The van der Waals surface area contributed by atoms with Gasteiger partial charge in [0.25, 0.3) is 11.8 Å². The summed E-state index contributed by atoms with van der Waals surface area (Å²) in [5.74, 6) is -0.0738. The van der Waals surface area contributed by atoms with Gasteiger partial charge in [0.2, 0.25) is 0 Å². The van der Waals surface area contributed by atoms with Crippen LogP contribution in [0.3, 0.4) is 0 Å². The summed E-state index contributed by atoms with van der Waals surface area (Å²) in [5, 5.41) is 5.47. The van der Waals surface area contributed by atoms with E-state index in [9.17, 15) is 9.59 Å². The normalized spacial score (nSPS) is 10.1. The number of nitrogens with one attached hydrogen (secondary N) is 2. The van der Waals surface area contributed by atoms with Crippen molar-refractivity contribution in [3.05, 3.63) is 78.3 Å². The van der Waals surface area contributed by atoms with Crippen molar-refractivity contribution in [1.82, 2.24) is 0 Å². The third-order valence-corrected chi connectivity index (χ3v) is 3.52. The fourth-order valence-electron chi connectivity index (χ4n) is 2.32. The third-order valence-electron chi connectivity index (χ3n) is 3.52. The van der Waals surface area contributed by atoms with E-state index >= 15 is 0 Å². The molecule has 0 radical (unpaired) electrons. The predicted octanol–water partition coefficient (Wildman–Crippen LogP) is 3.79. The maximum absolute atomic E-state index is 12.6. The van der Waals surface area contributed by atoms with Crippen LogP contribution in [0.2, 0.25) is 0 Å². The topological polar surface area (TPSA) is 80.6 Å². The third kappa shape index (κ3) is 3.69. The predicted molar refractivity (Wildman–Crippen MR) is 94.1 cm³/mol. The van der Waals surface area contributed by atoms with Crippen LogP contribution in [0, 0.1) is 0 Å². The molecule has 0 spiro atoms. The van der Waals surface area contributed by atoms with Gasteiger partial charge in [-0.25, -0.2) is 0 Å². The van der Waals surface area contributed by atoms with Crippen LogP contribution in [-0.4, -0.2) is 18.9 Å². The highest BCUT2D eigenvalue weighted by Gasteiger charge is 2.16. The quantitative estimate of drug-likeness (QED) is 0.743. The molecule has 0 aliphatic heterocycles. The number of carbonyl (C=O) groups is 2. The minimum Gasteiger partial charge on any atom is -0.495 e. The summed E-state index contributed by atoms with van der Waals surface area (Å²) in [4.78, 5) is 24.8. The van der Waals surface area contributed by atoms with Crippen molar-refractivity contribution in [3.63, 3.8) is 0 Å². The molecule has 3 rings (SSSR count). The second kappa shape index (κ2) is 7.35. The van der Waals surface area contributed by atoms with Crippen LogP contribution in [0.15, 0.2) is 71.3 Å². The second-order valence-corrected chi connectivity index (χ2v) is 5.13. The maximum atomic E-state index is 12.6. The molecule has 1 aromatic heterocycles. The summed E-state index contributed by atoms with van der Waals surface area (Å²) in [6.45, 7) is 0. The monoisotopic (exact) mass is 336 g/mol. The number of anilines is 2. The zero-order valence-corrected chi connectivity index (χ0v) is 13.5. The molecular weight excluding hydrogens is 320 g/mol. The van der Waals surface area contributed by atoms with Crippen molar-refractivity contribution in [2.75, 3.05) is 17.7 Å². The van der Waals surface area contributed by atoms with E-state index in [4.69, 9.17) is 9.15 Å². The molecule has 0 bridgehead atoms. The van der Waals surface area contributed by atoms with Gasteiger partial charge in [0.05, 0.1) is 30.3 Å². The number of carbonyl (C=O) groups excluding carboxylic acids is 2. The molecule has 126 valence electrons. The molecule has 2 amide bonds. The Hall–Kier alpha value is -3.54. The summed E-state index contributed by atoms with van der Waals surface area (Å²) in [5.41, 5.74) is 1.26. The van der Waals surface area contributed by atoms with Crippen molar-refractivity contribution >= 4 is 23.2 Å². The van der Waals surface area contributed by atoms with Crippen LogP contribution in [0.5, 0.6) is 5.75 Å². The van der Waals surface area contributed by atoms with E-state index in [1.165, 1.54) is 13.4 Å². The van der Waals surface area contributed by atoms with E-state index in [-0.39, 0.29) is 11.7 Å². The summed E-state index contributed by atoms with van der Waals surface area (Å²) in [6, 6.07) is 17.0. The Morgan fingerprint density at radius 1 is 0.840 bits per heavy atom. The molecular formula is C19H16N2O4. The first-order valence-electron chi connectivity index (χ1n) is 7.57. The van der Waals surface area contributed by atoms with Crippen molar-refractivity contribution < 1.29 is 18.7 Å². The first-order valence-corrected chi connectivity index (χ1v) is 7.57. The highest BCUT2D eigenvalue weighted by molar-refractivity contribution is 6.12. The fraction of sp³-hybridized carbons (Fsp3) is 0.0526. The van der Waals surface area contributed by atoms with Gasteiger partial charge in [-0.15, -0.1) is 0 Å². The van der Waals surface area contributed by atoms with Gasteiger partial charge >= 0.3 is 0 Å². The summed E-state index contributed by atoms with van der Waals surface area (Å²) in [7, 11) is 1.53. The lowest BCUT2D eigenvalue weighted by Crippen LogP contribution is -2.18. The molecule has 6 nitrogen and oxygen atoms in total. The van der Waals surface area contributed by atoms with Crippen LogP contribution in [0.4, 0.5) is 11.4 Å². The molecule has 2 N–H and O–H groups in total. The van der Waals surface area contributed by atoms with E-state index in [0.29, 0.717) is 22.7 Å². The Kier molecular flexibility index (Phi) is 4.80. The average molecular weight is 336 g/mol. The number of hydrogen-bond donors (Lipinski definition) is 2. The Balaban J connectivity index is 1.82. The molecule has 25 heavy (non-hydrogen) atoms. The molecule has 3 aromatic rings. The van der Waals surface area contributed by atoms with Crippen LogP contribution in [-0.2, 0) is 0 Å². The number of benzene rings is 2. The average Bonchev–Trinajstić information content (AvgIpc) is 3.17. The number of methoxy groups -OCH3 is 1. The van der Waals surface area contributed by atoms with E-state index in [2.05, 4.69) is 10.6 Å². The largest absolute Gasteiger partial charge is 0.495 e. The number of hydrogen-bond acceptors (Lipinski definition) is 4. The number of para-hydroxylation sites is 3. The van der Waals surface area contributed by atoms with Crippen LogP contribution < -0.4 is 15.4 Å². The molecule has 1 heterocycles. The summed E-state index contributed by atoms with van der Waals surface area (Å²) < 4.78 is 10.3. The molecule has 6 heteroatoms. The van der Waals surface area contributed by atoms with E-state index in [1.807, 2.05) is 6.07 Å². The molecule has 0 fully saturated rings. The molecule has 0 saturated heterocycles. The minimum atomic E-state index is -0.428. The maximum Gasteiger partial charge on any atom is 0.291 e. The molecule has 0 aliphatic rings. The standard InChI is InChI=1S/C19H16N2O4/c1-24-16-10-5-4-9-15(16)21-18(22)13-7-2-3-8-14(13)20-19(23)17-11-6-12-25-17/h2-12H,1H3,(H,20,23)(H,21,22). The van der Waals surface area contributed by atoms with Gasteiger partial charge in [-0.05, 0) is 36.4 Å². The Morgan fingerprint density at radius 3 is 2.24 bits per heavy atom. The molecule has 2 aromatic carbocycles. The highest BCUT2D eigenvalue weighted by atomic mass is 16.5. The van der Waals surface area contributed by atoms with Gasteiger partial charge in [-0.1, -0.05) is 24.3 Å². The molecule has 0 saturated carbocycles. The van der Waals surface area contributed by atoms with Crippen LogP contribution >= 0.6 is 0 Å². The van der Waals surface area contributed by atoms with Crippen LogP contribution in [0.25, 0.3) is 0 Å². The molecule has 0 aliphatic carbocycles. The Bertz CT molecular complexity index is 888. The number of furan rings is 1. The first-order chi connectivity index (χ1) is 12.2. The zero-order valence-electron chi connectivity index (χ0n) is 13.5. The summed E-state index contributed by atoms with van der Waals surface area (Å²) in [6.07, 6.45) is 1.41. The Labute approximate surface area is 144 Å². The van der Waals surface area contributed by atoms with E-state index in [0.717, 1.165) is 0 Å². The smallest absolute Gasteiger partial charge is 0.291 e. The fourth-order valence-corrected chi connectivity index (χ4v) is 2.32. The lowest BCUT2D eigenvalue weighted by Gasteiger charge is -2.12. The number of ether oxygens (including phenoxy) is 1. The van der Waals surface area contributed by atoms with Crippen molar-refractivity contribution in [3.8, 4) is 5.75 Å². The number of rotatable bonds is 5. The molecule has 0 atom stereocenters. The SMILES string of the molecule is COc1ccccc1NC(=O)c1ccccc1NC(=O)c1ccco1. The van der Waals surface area contributed by atoms with Crippen molar-refractivity contribution in [1.29, 1.82) is 0 Å². The van der Waals surface area contributed by atoms with E-state index < -0.39 is 5.91 Å². The highest BCUT2D eigenvalue weighted by Crippen LogP contribution is 2.25. The van der Waals surface area contributed by atoms with Gasteiger partial charge in [0.1, 0.15) is 5.75 Å². The minimum absolute atomic E-state index is 0.167. The summed E-state index contributed by atoms with van der Waals surface area (Å²) >= 11 is 0. The van der Waals surface area contributed by atoms with Crippen molar-refractivity contribution in [2.24, 2.45) is 0 Å². The van der Waals surface area contributed by atoms with Gasteiger partial charge < -0.3 is 19.8 Å². The van der Waals surface area contributed by atoms with E-state index in [1.54, 1.807) is 54.6 Å². The lowest BCUT2D eigenvalue weighted by atomic mass is 10.1.